The van der Waals surface area contributed by atoms with E-state index in [9.17, 15) is 4.79 Å². The summed E-state index contributed by atoms with van der Waals surface area (Å²) in [7, 11) is 0. The highest BCUT2D eigenvalue weighted by atomic mass is 16.5. The Morgan fingerprint density at radius 2 is 2.29 bits per heavy atom. The van der Waals surface area contributed by atoms with E-state index >= 15 is 0 Å². The molecule has 1 fully saturated rings. The van der Waals surface area contributed by atoms with Gasteiger partial charge in [-0.05, 0) is 31.2 Å². The normalized spacial score (nSPS) is 24.9. The minimum absolute atomic E-state index is 0.00317. The molecule has 17 heavy (non-hydrogen) atoms. The number of carbonyl (C=O) groups is 1. The molecular formula is C13H26N2O2. The monoisotopic (exact) mass is 242 g/mol. The minimum atomic E-state index is 0.00317. The van der Waals surface area contributed by atoms with Gasteiger partial charge >= 0.3 is 0 Å². The van der Waals surface area contributed by atoms with Crippen LogP contribution in [0.4, 0.5) is 0 Å². The fourth-order valence-corrected chi connectivity index (χ4v) is 1.92. The Bertz CT molecular complexity index is 231. The average Bonchev–Trinajstić information content (AvgIpc) is 2.27. The summed E-state index contributed by atoms with van der Waals surface area (Å²) in [6, 6.07) is 0. The van der Waals surface area contributed by atoms with Crippen molar-refractivity contribution in [1.29, 1.82) is 0 Å². The molecule has 1 aliphatic heterocycles. The highest BCUT2D eigenvalue weighted by molar-refractivity contribution is 5.77. The van der Waals surface area contributed by atoms with Crippen molar-refractivity contribution in [1.82, 2.24) is 10.6 Å². The third-order valence-electron chi connectivity index (χ3n) is 3.23. The molecule has 0 radical (unpaired) electrons. The molecule has 0 aliphatic carbocycles. The van der Waals surface area contributed by atoms with Gasteiger partial charge in [0.25, 0.3) is 0 Å². The molecule has 0 aromatic heterocycles. The van der Waals surface area contributed by atoms with E-state index in [0.717, 1.165) is 32.5 Å². The van der Waals surface area contributed by atoms with E-state index in [0.29, 0.717) is 11.8 Å². The number of piperidine rings is 1. The maximum atomic E-state index is 11.5. The molecule has 0 saturated carbocycles. The Balaban J connectivity index is 2.10. The van der Waals surface area contributed by atoms with Crippen LogP contribution in [0.2, 0.25) is 0 Å². The number of nitrogens with one attached hydrogen (secondary N) is 2. The van der Waals surface area contributed by atoms with Gasteiger partial charge in [-0.2, -0.15) is 0 Å². The molecule has 1 aliphatic rings. The maximum absolute atomic E-state index is 11.5. The van der Waals surface area contributed by atoms with Crippen molar-refractivity contribution in [3.63, 3.8) is 0 Å². The Kier molecular flexibility index (Phi) is 6.52. The topological polar surface area (TPSA) is 50.4 Å². The first kappa shape index (κ1) is 14.5. The summed E-state index contributed by atoms with van der Waals surface area (Å²) in [6.45, 7) is 9.34. The molecule has 1 amide bonds. The molecule has 0 aromatic carbocycles. The van der Waals surface area contributed by atoms with Crippen molar-refractivity contribution in [2.75, 3.05) is 26.2 Å². The van der Waals surface area contributed by atoms with E-state index in [1.807, 2.05) is 0 Å². The summed E-state index contributed by atoms with van der Waals surface area (Å²) in [5, 5.41) is 6.17. The summed E-state index contributed by atoms with van der Waals surface area (Å²) < 4.78 is 5.64. The van der Waals surface area contributed by atoms with Gasteiger partial charge in [0.15, 0.2) is 0 Å². The fraction of sp³-hybridized carbons (Fsp3) is 0.923. The van der Waals surface area contributed by atoms with Crippen LogP contribution in [-0.2, 0) is 9.53 Å². The largest absolute Gasteiger partial charge is 0.367 e. The number of hydrogen-bond donors (Lipinski definition) is 2. The van der Waals surface area contributed by atoms with Crippen LogP contribution in [0, 0.1) is 11.8 Å². The van der Waals surface area contributed by atoms with Gasteiger partial charge < -0.3 is 15.4 Å². The van der Waals surface area contributed by atoms with Gasteiger partial charge in [0, 0.05) is 13.1 Å². The second-order valence-electron chi connectivity index (χ2n) is 5.35. The summed E-state index contributed by atoms with van der Waals surface area (Å²) >= 11 is 0. The lowest BCUT2D eigenvalue weighted by Gasteiger charge is -2.29. The van der Waals surface area contributed by atoms with Gasteiger partial charge in [0.2, 0.25) is 5.91 Å². The first-order valence-corrected chi connectivity index (χ1v) is 6.68. The van der Waals surface area contributed by atoms with Crippen LogP contribution in [0.25, 0.3) is 0 Å². The summed E-state index contributed by atoms with van der Waals surface area (Å²) in [6.07, 6.45) is 2.33. The first-order valence-electron chi connectivity index (χ1n) is 6.68. The van der Waals surface area contributed by atoms with Crippen molar-refractivity contribution in [2.45, 2.75) is 39.7 Å². The third kappa shape index (κ3) is 6.03. The lowest BCUT2D eigenvalue weighted by Crippen LogP contribution is -2.43. The van der Waals surface area contributed by atoms with Gasteiger partial charge in [-0.15, -0.1) is 0 Å². The zero-order valence-electron chi connectivity index (χ0n) is 11.3. The molecule has 1 rings (SSSR count). The molecule has 2 atom stereocenters. The molecule has 0 aromatic rings. The van der Waals surface area contributed by atoms with Gasteiger partial charge in [0.1, 0.15) is 6.61 Å². The highest BCUT2D eigenvalue weighted by Crippen LogP contribution is 2.14. The third-order valence-corrected chi connectivity index (χ3v) is 3.23. The van der Waals surface area contributed by atoms with Crippen LogP contribution >= 0.6 is 0 Å². The van der Waals surface area contributed by atoms with Crippen molar-refractivity contribution in [2.24, 2.45) is 11.8 Å². The Morgan fingerprint density at radius 1 is 1.53 bits per heavy atom. The Hall–Kier alpha value is -0.610. The average molecular weight is 242 g/mol. The number of ether oxygens (including phenoxy) is 1. The Morgan fingerprint density at radius 3 is 2.94 bits per heavy atom. The number of carbonyl (C=O) groups excluding carboxylic acids is 1. The summed E-state index contributed by atoms with van der Waals surface area (Å²) in [4.78, 5) is 11.5. The molecule has 1 heterocycles. The summed E-state index contributed by atoms with van der Waals surface area (Å²) in [5.41, 5.74) is 0. The van der Waals surface area contributed by atoms with Crippen LogP contribution in [-0.4, -0.2) is 38.3 Å². The van der Waals surface area contributed by atoms with Crippen LogP contribution in [0.1, 0.15) is 33.6 Å². The predicted molar refractivity (Wildman–Crippen MR) is 68.9 cm³/mol. The minimum Gasteiger partial charge on any atom is -0.367 e. The molecule has 2 N–H and O–H groups in total. The second-order valence-corrected chi connectivity index (χ2v) is 5.35. The van der Waals surface area contributed by atoms with Gasteiger partial charge in [-0.3, -0.25) is 4.79 Å². The zero-order chi connectivity index (χ0) is 12.7. The van der Waals surface area contributed by atoms with Crippen molar-refractivity contribution >= 4 is 5.91 Å². The van der Waals surface area contributed by atoms with E-state index in [1.54, 1.807) is 0 Å². The lowest BCUT2D eigenvalue weighted by molar-refractivity contribution is -0.129. The molecule has 2 unspecified atom stereocenters. The quantitative estimate of drug-likeness (QED) is 0.735. The second kappa shape index (κ2) is 7.67. The van der Waals surface area contributed by atoms with Gasteiger partial charge in [0.05, 0.1) is 6.10 Å². The van der Waals surface area contributed by atoms with E-state index in [-0.39, 0.29) is 18.6 Å². The van der Waals surface area contributed by atoms with Gasteiger partial charge in [-0.25, -0.2) is 0 Å². The van der Waals surface area contributed by atoms with Crippen molar-refractivity contribution < 1.29 is 9.53 Å². The molecule has 0 spiro atoms. The van der Waals surface area contributed by atoms with Crippen LogP contribution in [0.15, 0.2) is 0 Å². The standard InChI is InChI=1S/C13H26N2O2/c1-10(2)4-7-15-13(16)9-17-12-8-14-6-5-11(12)3/h10-12,14H,4-9H2,1-3H3,(H,15,16). The fourth-order valence-electron chi connectivity index (χ4n) is 1.92. The van der Waals surface area contributed by atoms with Crippen LogP contribution < -0.4 is 10.6 Å². The van der Waals surface area contributed by atoms with Crippen LogP contribution in [0.3, 0.4) is 0 Å². The Labute approximate surface area is 104 Å². The van der Waals surface area contributed by atoms with Gasteiger partial charge in [-0.1, -0.05) is 20.8 Å². The highest BCUT2D eigenvalue weighted by Gasteiger charge is 2.22. The first-order chi connectivity index (χ1) is 8.09. The maximum Gasteiger partial charge on any atom is 0.246 e. The molecule has 1 saturated heterocycles. The smallest absolute Gasteiger partial charge is 0.246 e. The zero-order valence-corrected chi connectivity index (χ0v) is 11.3. The number of amides is 1. The number of rotatable bonds is 6. The van der Waals surface area contributed by atoms with Crippen molar-refractivity contribution in [3.8, 4) is 0 Å². The predicted octanol–water partition coefficient (Wildman–Crippen LogP) is 1.16. The molecule has 0 bridgehead atoms. The molecule has 4 heteroatoms. The molecular weight excluding hydrogens is 216 g/mol. The van der Waals surface area contributed by atoms with Crippen molar-refractivity contribution in [3.05, 3.63) is 0 Å². The van der Waals surface area contributed by atoms with Crippen LogP contribution in [0.5, 0.6) is 0 Å². The summed E-state index contributed by atoms with van der Waals surface area (Å²) in [5.74, 6) is 1.17. The van der Waals surface area contributed by atoms with E-state index in [4.69, 9.17) is 4.74 Å². The molecule has 100 valence electrons. The number of hydrogen-bond acceptors (Lipinski definition) is 3. The lowest BCUT2D eigenvalue weighted by atomic mass is 9.97. The van der Waals surface area contributed by atoms with E-state index in [2.05, 4.69) is 31.4 Å². The molecule has 4 nitrogen and oxygen atoms in total. The SMILES string of the molecule is CC(C)CCNC(=O)COC1CNCCC1C. The van der Waals surface area contributed by atoms with E-state index < -0.39 is 0 Å². The van der Waals surface area contributed by atoms with E-state index in [1.165, 1.54) is 0 Å².